The molecule has 3 heteroatoms. The third kappa shape index (κ3) is 1.25. The Hall–Kier alpha value is 0.137. The molecule has 64 valence electrons. The number of piperidine rings is 1. The Labute approximate surface area is 69.3 Å². The summed E-state index contributed by atoms with van der Waals surface area (Å²) in [6.07, 6.45) is 2.65. The van der Waals surface area contributed by atoms with Crippen LogP contribution < -0.4 is 0 Å². The number of hydrogen-bond acceptors (Lipinski definition) is 2. The fraction of sp³-hybridized carbons (Fsp3) is 1.00. The largest absolute Gasteiger partial charge is 0.431 e. The zero-order valence-electron chi connectivity index (χ0n) is 7.38. The van der Waals surface area contributed by atoms with Crippen LogP contribution in [0.15, 0.2) is 0 Å². The summed E-state index contributed by atoms with van der Waals surface area (Å²) in [5.41, 5.74) is 0.571. The van der Waals surface area contributed by atoms with E-state index in [2.05, 4.69) is 18.0 Å². The molecule has 0 aromatic rings. The van der Waals surface area contributed by atoms with Crippen LogP contribution in [0.5, 0.6) is 0 Å². The Kier molecular flexibility index (Phi) is 1.63. The lowest BCUT2D eigenvalue weighted by molar-refractivity contribution is 0.298. The molecule has 0 aliphatic carbocycles. The number of nitrogens with zero attached hydrogens (tertiary/aromatic N) is 1. The van der Waals surface area contributed by atoms with Crippen LogP contribution >= 0.6 is 0 Å². The molecule has 0 amide bonds. The van der Waals surface area contributed by atoms with Crippen molar-refractivity contribution < 1.29 is 4.80 Å². The average Bonchev–Trinajstić information content (AvgIpc) is 2.42. The molecule has 0 aromatic carbocycles. The molecule has 2 rings (SSSR count). The Morgan fingerprint density at radius 2 is 2.18 bits per heavy atom. The summed E-state index contributed by atoms with van der Waals surface area (Å²) in [5, 5.41) is 0. The Morgan fingerprint density at radius 3 is 2.45 bits per heavy atom. The summed E-state index contributed by atoms with van der Waals surface area (Å²) >= 11 is 0. The zero-order chi connectivity index (χ0) is 8.06. The zero-order valence-corrected chi connectivity index (χ0v) is 8.38. The molecule has 2 aliphatic rings. The fourth-order valence-electron chi connectivity index (χ4n) is 2.54. The second-order valence-corrected chi connectivity index (χ2v) is 8.53. The van der Waals surface area contributed by atoms with E-state index in [4.69, 9.17) is 0 Å². The quantitative estimate of drug-likeness (QED) is 0.590. The van der Waals surface area contributed by atoms with E-state index in [1.54, 1.807) is 0 Å². The highest BCUT2D eigenvalue weighted by Gasteiger charge is 2.45. The normalized spacial score (nSPS) is 43.4. The highest BCUT2D eigenvalue weighted by molar-refractivity contribution is 6.71. The summed E-state index contributed by atoms with van der Waals surface area (Å²) in [6.45, 7) is 6.64. The highest BCUT2D eigenvalue weighted by atomic mass is 28.4. The predicted molar refractivity (Wildman–Crippen MR) is 47.8 cm³/mol. The molecule has 2 aliphatic heterocycles. The Morgan fingerprint density at radius 1 is 1.45 bits per heavy atom. The van der Waals surface area contributed by atoms with Crippen LogP contribution in [-0.4, -0.2) is 36.8 Å². The summed E-state index contributed by atoms with van der Waals surface area (Å²) in [7, 11) is -1.85. The number of rotatable bonds is 1. The summed E-state index contributed by atoms with van der Waals surface area (Å²) in [6, 6.07) is 0. The first-order chi connectivity index (χ1) is 5.07. The van der Waals surface area contributed by atoms with E-state index in [1.165, 1.54) is 25.9 Å². The first-order valence-electron chi connectivity index (χ1n) is 4.54. The van der Waals surface area contributed by atoms with E-state index >= 15 is 0 Å². The number of hydrogen-bond donors (Lipinski definition) is 1. The van der Waals surface area contributed by atoms with E-state index in [-0.39, 0.29) is 0 Å². The fourth-order valence-corrected chi connectivity index (χ4v) is 4.58. The van der Waals surface area contributed by atoms with E-state index in [0.29, 0.717) is 5.67 Å². The molecule has 2 heterocycles. The van der Waals surface area contributed by atoms with Gasteiger partial charge in [0.05, 0.1) is 0 Å². The van der Waals surface area contributed by atoms with E-state index in [0.717, 1.165) is 5.92 Å². The maximum Gasteiger partial charge on any atom is 0.199 e. The summed E-state index contributed by atoms with van der Waals surface area (Å²) in [5.74, 6) is 0.916. The molecule has 0 spiro atoms. The van der Waals surface area contributed by atoms with Crippen LogP contribution in [0.3, 0.4) is 0 Å². The minimum absolute atomic E-state index is 0.571. The third-order valence-corrected chi connectivity index (χ3v) is 5.36. The van der Waals surface area contributed by atoms with Crippen molar-refractivity contribution in [3.8, 4) is 0 Å². The summed E-state index contributed by atoms with van der Waals surface area (Å²) in [4.78, 5) is 12.4. The van der Waals surface area contributed by atoms with Crippen molar-refractivity contribution in [3.05, 3.63) is 0 Å². The SMILES string of the molecule is C[Si](C)(O)C1CC2CCN1C2. The lowest BCUT2D eigenvalue weighted by Gasteiger charge is -2.32. The molecule has 0 aromatic heterocycles. The molecule has 0 saturated carbocycles. The third-order valence-electron chi connectivity index (χ3n) is 3.13. The minimum atomic E-state index is -1.85. The van der Waals surface area contributed by atoms with Gasteiger partial charge in [-0.25, -0.2) is 0 Å². The van der Waals surface area contributed by atoms with Gasteiger partial charge in [-0.15, -0.1) is 0 Å². The van der Waals surface area contributed by atoms with Crippen LogP contribution in [0.1, 0.15) is 12.8 Å². The van der Waals surface area contributed by atoms with Crippen molar-refractivity contribution in [1.29, 1.82) is 0 Å². The smallest absolute Gasteiger partial charge is 0.199 e. The second-order valence-electron chi connectivity index (χ2n) is 4.55. The molecule has 3 unspecified atom stereocenters. The number of fused-ring (bicyclic) bond motifs is 2. The maximum absolute atomic E-state index is 9.94. The van der Waals surface area contributed by atoms with Gasteiger partial charge in [0.15, 0.2) is 8.32 Å². The standard InChI is InChI=1S/C8H17NOSi/c1-11(2,10)8-5-7-3-4-9(8)6-7/h7-8,10H,3-6H2,1-2H3. The van der Waals surface area contributed by atoms with E-state index in [9.17, 15) is 4.80 Å². The van der Waals surface area contributed by atoms with Gasteiger partial charge in [0.2, 0.25) is 0 Å². The second kappa shape index (κ2) is 2.31. The maximum atomic E-state index is 9.94. The van der Waals surface area contributed by atoms with Crippen LogP contribution in [0, 0.1) is 5.92 Å². The highest BCUT2D eigenvalue weighted by Crippen LogP contribution is 2.36. The Balaban J connectivity index is 2.08. The molecule has 3 atom stereocenters. The van der Waals surface area contributed by atoms with Crippen molar-refractivity contribution in [2.45, 2.75) is 31.6 Å². The average molecular weight is 171 g/mol. The van der Waals surface area contributed by atoms with E-state index < -0.39 is 8.32 Å². The van der Waals surface area contributed by atoms with Gasteiger partial charge in [-0.05, 0) is 38.4 Å². The van der Waals surface area contributed by atoms with Crippen LogP contribution in [0.2, 0.25) is 13.1 Å². The first-order valence-corrected chi connectivity index (χ1v) is 7.56. The molecule has 2 fully saturated rings. The molecule has 11 heavy (non-hydrogen) atoms. The molecule has 2 saturated heterocycles. The van der Waals surface area contributed by atoms with Crippen molar-refractivity contribution >= 4 is 8.32 Å². The minimum Gasteiger partial charge on any atom is -0.431 e. The van der Waals surface area contributed by atoms with E-state index in [1.807, 2.05) is 0 Å². The van der Waals surface area contributed by atoms with Crippen molar-refractivity contribution in [3.63, 3.8) is 0 Å². The summed E-state index contributed by atoms with van der Waals surface area (Å²) < 4.78 is 0. The molecular formula is C8H17NOSi. The molecule has 1 N–H and O–H groups in total. The van der Waals surface area contributed by atoms with Crippen LogP contribution in [0.4, 0.5) is 0 Å². The van der Waals surface area contributed by atoms with Crippen LogP contribution in [0.25, 0.3) is 0 Å². The van der Waals surface area contributed by atoms with Gasteiger partial charge in [0, 0.05) is 12.2 Å². The van der Waals surface area contributed by atoms with Gasteiger partial charge < -0.3 is 9.70 Å². The topological polar surface area (TPSA) is 23.5 Å². The molecule has 2 nitrogen and oxygen atoms in total. The molecular weight excluding hydrogens is 154 g/mol. The lowest BCUT2D eigenvalue weighted by atomic mass is 10.1. The first kappa shape index (κ1) is 7.77. The van der Waals surface area contributed by atoms with Gasteiger partial charge in [-0.1, -0.05) is 0 Å². The van der Waals surface area contributed by atoms with Gasteiger partial charge in [-0.2, -0.15) is 0 Å². The van der Waals surface area contributed by atoms with Crippen molar-refractivity contribution in [1.82, 2.24) is 4.90 Å². The lowest BCUT2D eigenvalue weighted by Crippen LogP contribution is -2.50. The van der Waals surface area contributed by atoms with Crippen molar-refractivity contribution in [2.75, 3.05) is 13.1 Å². The molecule has 0 radical (unpaired) electrons. The monoisotopic (exact) mass is 171 g/mol. The van der Waals surface area contributed by atoms with Crippen molar-refractivity contribution in [2.24, 2.45) is 5.92 Å². The van der Waals surface area contributed by atoms with Gasteiger partial charge >= 0.3 is 0 Å². The molecule has 2 bridgehead atoms. The van der Waals surface area contributed by atoms with Gasteiger partial charge in [0.25, 0.3) is 0 Å². The van der Waals surface area contributed by atoms with Gasteiger partial charge in [0.1, 0.15) is 0 Å². The van der Waals surface area contributed by atoms with Crippen LogP contribution in [-0.2, 0) is 0 Å². The predicted octanol–water partition coefficient (Wildman–Crippen LogP) is 0.817. The Bertz CT molecular complexity index is 166. The van der Waals surface area contributed by atoms with Gasteiger partial charge in [-0.3, -0.25) is 0 Å².